The second-order valence-electron chi connectivity index (χ2n) is 5.52. The standard InChI is InChI=1S/C16H17F2N3O2/c1-10-9-21(15-12(17)5-2-6-13(15)18)20-14(10)16(22)19-8-11-4-3-7-23-11/h2,5-6,9,11H,3-4,7-8H2,1H3,(H,19,22)/t11-/m0/s1. The van der Waals surface area contributed by atoms with E-state index < -0.39 is 11.6 Å². The molecule has 1 atom stereocenters. The molecular formula is C16H17F2N3O2. The molecule has 2 heterocycles. The van der Waals surface area contributed by atoms with Crippen LogP contribution in [-0.4, -0.2) is 34.9 Å². The van der Waals surface area contributed by atoms with Crippen molar-refractivity contribution in [1.82, 2.24) is 15.1 Å². The Bertz CT molecular complexity index is 704. The topological polar surface area (TPSA) is 56.2 Å². The van der Waals surface area contributed by atoms with Crippen LogP contribution in [0, 0.1) is 18.6 Å². The minimum atomic E-state index is -0.737. The van der Waals surface area contributed by atoms with Crippen molar-refractivity contribution in [2.75, 3.05) is 13.2 Å². The van der Waals surface area contributed by atoms with Crippen molar-refractivity contribution in [3.63, 3.8) is 0 Å². The number of carbonyl (C=O) groups excluding carboxylic acids is 1. The summed E-state index contributed by atoms with van der Waals surface area (Å²) in [6.45, 7) is 2.78. The lowest BCUT2D eigenvalue weighted by molar-refractivity contribution is 0.0853. The zero-order valence-electron chi connectivity index (χ0n) is 12.7. The number of benzene rings is 1. The maximum absolute atomic E-state index is 13.8. The Morgan fingerprint density at radius 1 is 1.43 bits per heavy atom. The van der Waals surface area contributed by atoms with Crippen molar-refractivity contribution in [3.05, 3.63) is 47.3 Å². The number of nitrogens with zero attached hydrogens (tertiary/aromatic N) is 2. The van der Waals surface area contributed by atoms with E-state index in [0.29, 0.717) is 18.7 Å². The SMILES string of the molecule is Cc1cn(-c2c(F)cccc2F)nc1C(=O)NC[C@@H]1CCCO1. The Balaban J connectivity index is 1.79. The monoisotopic (exact) mass is 321 g/mol. The molecule has 1 aromatic carbocycles. The van der Waals surface area contributed by atoms with E-state index in [9.17, 15) is 13.6 Å². The molecule has 2 aromatic rings. The molecule has 1 saturated heterocycles. The highest BCUT2D eigenvalue weighted by atomic mass is 19.1. The third-order valence-electron chi connectivity index (χ3n) is 3.79. The number of halogens is 2. The molecule has 1 amide bonds. The molecule has 0 unspecified atom stereocenters. The van der Waals surface area contributed by atoms with Crippen molar-refractivity contribution in [2.45, 2.75) is 25.9 Å². The summed E-state index contributed by atoms with van der Waals surface area (Å²) in [4.78, 5) is 12.2. The van der Waals surface area contributed by atoms with Gasteiger partial charge in [-0.1, -0.05) is 6.07 Å². The average molecular weight is 321 g/mol. The van der Waals surface area contributed by atoms with Gasteiger partial charge < -0.3 is 10.1 Å². The van der Waals surface area contributed by atoms with Crippen molar-refractivity contribution in [1.29, 1.82) is 0 Å². The molecule has 0 aliphatic carbocycles. The maximum atomic E-state index is 13.8. The molecule has 0 bridgehead atoms. The molecule has 1 aromatic heterocycles. The lowest BCUT2D eigenvalue weighted by Crippen LogP contribution is -2.32. The van der Waals surface area contributed by atoms with Gasteiger partial charge in [0.05, 0.1) is 6.10 Å². The number of ether oxygens (including phenoxy) is 1. The van der Waals surface area contributed by atoms with Gasteiger partial charge in [-0.05, 0) is 31.9 Å². The summed E-state index contributed by atoms with van der Waals surface area (Å²) < 4.78 is 34.1. The maximum Gasteiger partial charge on any atom is 0.272 e. The van der Waals surface area contributed by atoms with Gasteiger partial charge in [0.2, 0.25) is 0 Å². The van der Waals surface area contributed by atoms with Gasteiger partial charge in [0.25, 0.3) is 5.91 Å². The molecule has 122 valence electrons. The highest BCUT2D eigenvalue weighted by Crippen LogP contribution is 2.19. The molecule has 23 heavy (non-hydrogen) atoms. The van der Waals surface area contributed by atoms with E-state index in [4.69, 9.17) is 4.74 Å². The summed E-state index contributed by atoms with van der Waals surface area (Å²) in [5.74, 6) is -1.86. The molecule has 1 fully saturated rings. The molecule has 5 nitrogen and oxygen atoms in total. The second kappa shape index (κ2) is 6.45. The van der Waals surface area contributed by atoms with Crippen LogP contribution in [0.25, 0.3) is 5.69 Å². The number of aromatic nitrogens is 2. The summed E-state index contributed by atoms with van der Waals surface area (Å²) in [7, 11) is 0. The minimum absolute atomic E-state index is 0.0188. The zero-order chi connectivity index (χ0) is 16.4. The van der Waals surface area contributed by atoms with Crippen LogP contribution >= 0.6 is 0 Å². The smallest absolute Gasteiger partial charge is 0.272 e. The average Bonchev–Trinajstić information content (AvgIpc) is 3.14. The summed E-state index contributed by atoms with van der Waals surface area (Å²) in [5, 5.41) is 6.78. The quantitative estimate of drug-likeness (QED) is 0.940. The van der Waals surface area contributed by atoms with Crippen LogP contribution in [0.5, 0.6) is 0 Å². The highest BCUT2D eigenvalue weighted by molar-refractivity contribution is 5.93. The van der Waals surface area contributed by atoms with Crippen LogP contribution < -0.4 is 5.32 Å². The summed E-state index contributed by atoms with van der Waals surface area (Å²) in [6.07, 6.45) is 3.35. The second-order valence-corrected chi connectivity index (χ2v) is 5.52. The summed E-state index contributed by atoms with van der Waals surface area (Å²) in [6, 6.07) is 3.57. The number of hydrogen-bond acceptors (Lipinski definition) is 3. The van der Waals surface area contributed by atoms with E-state index in [2.05, 4.69) is 10.4 Å². The first-order valence-electron chi connectivity index (χ1n) is 7.46. The number of aryl methyl sites for hydroxylation is 1. The molecule has 0 spiro atoms. The van der Waals surface area contributed by atoms with Gasteiger partial charge in [0, 0.05) is 24.9 Å². The Hall–Kier alpha value is -2.28. The van der Waals surface area contributed by atoms with Crippen molar-refractivity contribution >= 4 is 5.91 Å². The Labute approximate surface area is 132 Å². The highest BCUT2D eigenvalue weighted by Gasteiger charge is 2.20. The molecule has 1 aliphatic rings. The van der Waals surface area contributed by atoms with Gasteiger partial charge in [-0.15, -0.1) is 0 Å². The molecule has 1 N–H and O–H groups in total. The van der Waals surface area contributed by atoms with Crippen molar-refractivity contribution < 1.29 is 18.3 Å². The number of para-hydroxylation sites is 1. The number of amides is 1. The lowest BCUT2D eigenvalue weighted by Gasteiger charge is -2.10. The van der Waals surface area contributed by atoms with Crippen LogP contribution in [0.15, 0.2) is 24.4 Å². The first-order chi connectivity index (χ1) is 11.1. The van der Waals surface area contributed by atoms with Crippen LogP contribution in [-0.2, 0) is 4.74 Å². The van der Waals surface area contributed by atoms with Gasteiger partial charge in [0.1, 0.15) is 5.69 Å². The number of carbonyl (C=O) groups is 1. The third kappa shape index (κ3) is 3.24. The predicted molar refractivity (Wildman–Crippen MR) is 79.5 cm³/mol. The molecule has 3 rings (SSSR count). The Kier molecular flexibility index (Phi) is 4.38. The van der Waals surface area contributed by atoms with Crippen LogP contribution in [0.3, 0.4) is 0 Å². The minimum Gasteiger partial charge on any atom is -0.376 e. The van der Waals surface area contributed by atoms with Crippen molar-refractivity contribution in [2.24, 2.45) is 0 Å². The number of hydrogen-bond donors (Lipinski definition) is 1. The number of rotatable bonds is 4. The van der Waals surface area contributed by atoms with E-state index in [-0.39, 0.29) is 23.4 Å². The fourth-order valence-corrected chi connectivity index (χ4v) is 2.60. The van der Waals surface area contributed by atoms with Crippen molar-refractivity contribution in [3.8, 4) is 5.69 Å². The van der Waals surface area contributed by atoms with Gasteiger partial charge in [-0.25, -0.2) is 13.5 Å². The third-order valence-corrected chi connectivity index (χ3v) is 3.79. The van der Waals surface area contributed by atoms with Crippen LogP contribution in [0.2, 0.25) is 0 Å². The molecule has 7 heteroatoms. The summed E-state index contributed by atoms with van der Waals surface area (Å²) >= 11 is 0. The molecule has 1 aliphatic heterocycles. The first-order valence-corrected chi connectivity index (χ1v) is 7.46. The van der Waals surface area contributed by atoms with Crippen LogP contribution in [0.1, 0.15) is 28.9 Å². The predicted octanol–water partition coefficient (Wildman–Crippen LogP) is 2.37. The first kappa shape index (κ1) is 15.6. The zero-order valence-corrected chi connectivity index (χ0v) is 12.7. The fraction of sp³-hybridized carbons (Fsp3) is 0.375. The Morgan fingerprint density at radius 3 is 2.83 bits per heavy atom. The molecule has 0 radical (unpaired) electrons. The number of nitrogens with one attached hydrogen (secondary N) is 1. The lowest BCUT2D eigenvalue weighted by atomic mass is 10.2. The van der Waals surface area contributed by atoms with E-state index in [1.807, 2.05) is 0 Å². The normalized spacial score (nSPS) is 17.4. The summed E-state index contributed by atoms with van der Waals surface area (Å²) in [5.41, 5.74) is 0.386. The van der Waals surface area contributed by atoms with Crippen LogP contribution in [0.4, 0.5) is 8.78 Å². The fourth-order valence-electron chi connectivity index (χ4n) is 2.60. The van der Waals surface area contributed by atoms with E-state index in [1.165, 1.54) is 12.3 Å². The largest absolute Gasteiger partial charge is 0.376 e. The Morgan fingerprint density at radius 2 is 2.17 bits per heavy atom. The van der Waals surface area contributed by atoms with E-state index in [1.54, 1.807) is 6.92 Å². The van der Waals surface area contributed by atoms with Gasteiger partial charge in [-0.3, -0.25) is 4.79 Å². The molecular weight excluding hydrogens is 304 g/mol. The van der Waals surface area contributed by atoms with E-state index >= 15 is 0 Å². The molecule has 0 saturated carbocycles. The van der Waals surface area contributed by atoms with Gasteiger partial charge in [0.15, 0.2) is 17.3 Å². The van der Waals surface area contributed by atoms with E-state index in [0.717, 1.165) is 29.7 Å². The van der Waals surface area contributed by atoms with Gasteiger partial charge >= 0.3 is 0 Å². The van der Waals surface area contributed by atoms with Gasteiger partial charge in [-0.2, -0.15) is 5.10 Å².